The minimum Gasteiger partial charge on any atom is -0.364 e. The van der Waals surface area contributed by atoms with Gasteiger partial charge in [-0.1, -0.05) is 18.2 Å². The molecule has 0 aliphatic carbocycles. The third-order valence-corrected chi connectivity index (χ3v) is 5.33. The Hall–Kier alpha value is -2.47. The van der Waals surface area contributed by atoms with Gasteiger partial charge in [0.2, 0.25) is 5.95 Å². The maximum atomic E-state index is 11.7. The van der Waals surface area contributed by atoms with Crippen molar-refractivity contribution in [1.29, 1.82) is 0 Å². The summed E-state index contributed by atoms with van der Waals surface area (Å²) in [5.74, 6) is 0.0905. The number of primary amides is 1. The molecule has 3 aromatic rings. The SMILES string of the molecule is NC(=O)c1cc(-c2csc3ccccc23)nc(N2CCCCC2)n1. The first-order valence-corrected chi connectivity index (χ1v) is 9.01. The van der Waals surface area contributed by atoms with Crippen LogP contribution in [0.2, 0.25) is 0 Å². The quantitative estimate of drug-likeness (QED) is 0.794. The Morgan fingerprint density at radius 2 is 1.92 bits per heavy atom. The normalized spacial score (nSPS) is 14.9. The van der Waals surface area contributed by atoms with Crippen molar-refractivity contribution in [3.05, 3.63) is 41.4 Å². The average molecular weight is 338 g/mol. The zero-order valence-corrected chi connectivity index (χ0v) is 14.1. The van der Waals surface area contributed by atoms with Crippen LogP contribution in [0, 0.1) is 0 Å². The molecule has 0 atom stereocenters. The van der Waals surface area contributed by atoms with Crippen molar-refractivity contribution in [3.63, 3.8) is 0 Å². The molecule has 1 fully saturated rings. The lowest BCUT2D eigenvalue weighted by Crippen LogP contribution is -2.31. The number of hydrogen-bond donors (Lipinski definition) is 1. The number of nitrogens with zero attached hydrogens (tertiary/aromatic N) is 3. The van der Waals surface area contributed by atoms with Gasteiger partial charge in [0.1, 0.15) is 5.69 Å². The fourth-order valence-corrected chi connectivity index (χ4v) is 4.06. The number of anilines is 1. The highest BCUT2D eigenvalue weighted by atomic mass is 32.1. The second-order valence-electron chi connectivity index (χ2n) is 6.00. The smallest absolute Gasteiger partial charge is 0.267 e. The van der Waals surface area contributed by atoms with Crippen molar-refractivity contribution in [2.45, 2.75) is 19.3 Å². The van der Waals surface area contributed by atoms with Gasteiger partial charge in [-0.25, -0.2) is 9.97 Å². The van der Waals surface area contributed by atoms with E-state index in [2.05, 4.69) is 27.4 Å². The molecule has 2 N–H and O–H groups in total. The van der Waals surface area contributed by atoms with Gasteiger partial charge >= 0.3 is 0 Å². The number of carbonyl (C=O) groups excluding carboxylic acids is 1. The van der Waals surface area contributed by atoms with E-state index in [0.717, 1.165) is 42.6 Å². The van der Waals surface area contributed by atoms with E-state index < -0.39 is 5.91 Å². The van der Waals surface area contributed by atoms with Gasteiger partial charge in [0.05, 0.1) is 5.69 Å². The molecule has 1 amide bonds. The number of piperidine rings is 1. The van der Waals surface area contributed by atoms with Crippen molar-refractivity contribution in [2.75, 3.05) is 18.0 Å². The summed E-state index contributed by atoms with van der Waals surface area (Å²) in [6.07, 6.45) is 3.48. The Kier molecular flexibility index (Phi) is 3.90. The molecule has 0 saturated carbocycles. The number of fused-ring (bicyclic) bond motifs is 1. The third kappa shape index (κ3) is 2.73. The number of nitrogens with two attached hydrogens (primary N) is 1. The highest BCUT2D eigenvalue weighted by Gasteiger charge is 2.18. The number of aromatic nitrogens is 2. The minimum atomic E-state index is -0.517. The number of benzene rings is 1. The van der Waals surface area contributed by atoms with Crippen molar-refractivity contribution >= 4 is 33.3 Å². The fourth-order valence-electron chi connectivity index (χ4n) is 3.11. The molecular formula is C18H18N4OS. The van der Waals surface area contributed by atoms with Crippen LogP contribution in [0.5, 0.6) is 0 Å². The minimum absolute atomic E-state index is 0.274. The standard InChI is InChI=1S/C18H18N4OS/c19-17(23)15-10-14(13-11-24-16-7-3-2-6-12(13)16)20-18(21-15)22-8-4-1-5-9-22/h2-3,6-7,10-11H,1,4-5,8-9H2,(H2,19,23). The lowest BCUT2D eigenvalue weighted by atomic mass is 10.1. The average Bonchev–Trinajstić information content (AvgIpc) is 3.06. The van der Waals surface area contributed by atoms with Crippen LogP contribution >= 0.6 is 11.3 Å². The van der Waals surface area contributed by atoms with Crippen LogP contribution in [0.3, 0.4) is 0 Å². The van der Waals surface area contributed by atoms with E-state index in [-0.39, 0.29) is 5.69 Å². The maximum Gasteiger partial charge on any atom is 0.267 e. The monoisotopic (exact) mass is 338 g/mol. The Morgan fingerprint density at radius 3 is 2.71 bits per heavy atom. The zero-order valence-electron chi connectivity index (χ0n) is 13.2. The van der Waals surface area contributed by atoms with Gasteiger partial charge in [-0.05, 0) is 31.4 Å². The van der Waals surface area contributed by atoms with Crippen molar-refractivity contribution in [2.24, 2.45) is 5.73 Å². The van der Waals surface area contributed by atoms with E-state index in [4.69, 9.17) is 10.7 Å². The van der Waals surface area contributed by atoms with Crippen LogP contribution in [0.25, 0.3) is 21.3 Å². The molecular weight excluding hydrogens is 320 g/mol. The van der Waals surface area contributed by atoms with Gasteiger partial charge in [-0.3, -0.25) is 4.79 Å². The van der Waals surface area contributed by atoms with Crippen LogP contribution in [0.4, 0.5) is 5.95 Å². The molecule has 1 saturated heterocycles. The molecule has 5 nitrogen and oxygen atoms in total. The molecule has 6 heteroatoms. The van der Waals surface area contributed by atoms with Gasteiger partial charge in [0.15, 0.2) is 0 Å². The first-order valence-electron chi connectivity index (χ1n) is 8.13. The first-order chi connectivity index (χ1) is 11.7. The van der Waals surface area contributed by atoms with Crippen molar-refractivity contribution in [3.8, 4) is 11.3 Å². The third-order valence-electron chi connectivity index (χ3n) is 4.36. The number of carbonyl (C=O) groups is 1. The molecule has 1 aliphatic heterocycles. The summed E-state index contributed by atoms with van der Waals surface area (Å²) < 4.78 is 1.20. The Balaban J connectivity index is 1.85. The molecule has 1 aromatic carbocycles. The Morgan fingerprint density at radius 1 is 1.12 bits per heavy atom. The lowest BCUT2D eigenvalue weighted by Gasteiger charge is -2.27. The van der Waals surface area contributed by atoms with Crippen LogP contribution in [-0.4, -0.2) is 29.0 Å². The van der Waals surface area contributed by atoms with Gasteiger partial charge < -0.3 is 10.6 Å². The van der Waals surface area contributed by atoms with Crippen molar-refractivity contribution < 1.29 is 4.79 Å². The maximum absolute atomic E-state index is 11.7. The van der Waals surface area contributed by atoms with Gasteiger partial charge in [0, 0.05) is 34.1 Å². The largest absolute Gasteiger partial charge is 0.364 e. The lowest BCUT2D eigenvalue weighted by molar-refractivity contribution is 0.0995. The summed E-state index contributed by atoms with van der Waals surface area (Å²) in [6.45, 7) is 1.85. The number of thiophene rings is 1. The van der Waals surface area contributed by atoms with Crippen LogP contribution in [-0.2, 0) is 0 Å². The van der Waals surface area contributed by atoms with E-state index in [1.807, 2.05) is 12.1 Å². The van der Waals surface area contributed by atoms with Gasteiger partial charge in [-0.15, -0.1) is 11.3 Å². The number of amides is 1. The molecule has 1 aliphatic rings. The summed E-state index contributed by atoms with van der Waals surface area (Å²) in [6, 6.07) is 9.90. The molecule has 0 bridgehead atoms. The number of rotatable bonds is 3. The molecule has 122 valence electrons. The van der Waals surface area contributed by atoms with E-state index in [9.17, 15) is 4.79 Å². The van der Waals surface area contributed by atoms with E-state index >= 15 is 0 Å². The van der Waals surface area contributed by atoms with Gasteiger partial charge in [-0.2, -0.15) is 0 Å². The second kappa shape index (κ2) is 6.20. The Bertz CT molecular complexity index is 899. The Labute approximate surface area is 144 Å². The van der Waals surface area contributed by atoms with Crippen LogP contribution in [0.15, 0.2) is 35.7 Å². The topological polar surface area (TPSA) is 72.1 Å². The fraction of sp³-hybridized carbons (Fsp3) is 0.278. The van der Waals surface area contributed by atoms with E-state index in [0.29, 0.717) is 5.95 Å². The van der Waals surface area contributed by atoms with E-state index in [1.165, 1.54) is 11.1 Å². The summed E-state index contributed by atoms with van der Waals surface area (Å²) in [5, 5.41) is 3.22. The molecule has 4 rings (SSSR count). The predicted octanol–water partition coefficient (Wildman–Crippen LogP) is 3.45. The van der Waals surface area contributed by atoms with Crippen LogP contribution < -0.4 is 10.6 Å². The molecule has 0 unspecified atom stereocenters. The van der Waals surface area contributed by atoms with Crippen molar-refractivity contribution in [1.82, 2.24) is 9.97 Å². The molecule has 0 spiro atoms. The van der Waals surface area contributed by atoms with Crippen LogP contribution in [0.1, 0.15) is 29.8 Å². The molecule has 2 aromatic heterocycles. The zero-order chi connectivity index (χ0) is 16.5. The molecule has 0 radical (unpaired) electrons. The summed E-state index contributed by atoms with van der Waals surface area (Å²) in [5.41, 5.74) is 7.56. The summed E-state index contributed by atoms with van der Waals surface area (Å²) in [4.78, 5) is 23.0. The highest BCUT2D eigenvalue weighted by Crippen LogP contribution is 2.33. The predicted molar refractivity (Wildman–Crippen MR) is 97.4 cm³/mol. The molecule has 24 heavy (non-hydrogen) atoms. The van der Waals surface area contributed by atoms with E-state index in [1.54, 1.807) is 17.4 Å². The van der Waals surface area contributed by atoms with Gasteiger partial charge in [0.25, 0.3) is 5.91 Å². The molecule has 3 heterocycles. The highest BCUT2D eigenvalue weighted by molar-refractivity contribution is 7.17. The second-order valence-corrected chi connectivity index (χ2v) is 6.91. The first kappa shape index (κ1) is 15.1. The summed E-state index contributed by atoms with van der Waals surface area (Å²) in [7, 11) is 0. The number of hydrogen-bond acceptors (Lipinski definition) is 5. The summed E-state index contributed by atoms with van der Waals surface area (Å²) >= 11 is 1.67.